The highest BCUT2D eigenvalue weighted by Crippen LogP contribution is 2.21. The molecule has 0 aliphatic carbocycles. The highest BCUT2D eigenvalue weighted by Gasteiger charge is 2.17. The SMILES string of the molecule is CN(C)[C@@H](CNC(=O)c1cc(Cl)ccc1Cl)c1ccccc1. The molecule has 1 amide bonds. The molecule has 1 atom stereocenters. The molecule has 0 aliphatic rings. The van der Waals surface area contributed by atoms with Crippen molar-refractivity contribution >= 4 is 29.1 Å². The molecule has 1 N–H and O–H groups in total. The van der Waals surface area contributed by atoms with Crippen molar-refractivity contribution in [3.63, 3.8) is 0 Å². The van der Waals surface area contributed by atoms with Gasteiger partial charge in [-0.3, -0.25) is 4.79 Å². The van der Waals surface area contributed by atoms with Crippen LogP contribution in [-0.2, 0) is 0 Å². The summed E-state index contributed by atoms with van der Waals surface area (Å²) >= 11 is 12.0. The molecule has 0 heterocycles. The average Bonchev–Trinajstić information content (AvgIpc) is 2.50. The van der Waals surface area contributed by atoms with Gasteiger partial charge in [-0.25, -0.2) is 0 Å². The van der Waals surface area contributed by atoms with Crippen molar-refractivity contribution in [3.8, 4) is 0 Å². The second-order valence-corrected chi connectivity index (χ2v) is 6.07. The fourth-order valence-electron chi connectivity index (χ4n) is 2.23. The van der Waals surface area contributed by atoms with Gasteiger partial charge in [-0.2, -0.15) is 0 Å². The van der Waals surface area contributed by atoms with Gasteiger partial charge >= 0.3 is 0 Å². The lowest BCUT2D eigenvalue weighted by Crippen LogP contribution is -2.34. The van der Waals surface area contributed by atoms with Crippen LogP contribution in [0.2, 0.25) is 10.0 Å². The number of nitrogens with zero attached hydrogens (tertiary/aromatic N) is 1. The summed E-state index contributed by atoms with van der Waals surface area (Å²) in [5.41, 5.74) is 1.53. The smallest absolute Gasteiger partial charge is 0.252 e. The van der Waals surface area contributed by atoms with Gasteiger partial charge in [-0.1, -0.05) is 53.5 Å². The Bertz CT molecular complexity index is 644. The molecule has 2 aromatic rings. The Morgan fingerprint density at radius 2 is 1.82 bits per heavy atom. The van der Waals surface area contributed by atoms with Gasteiger partial charge in [0.2, 0.25) is 0 Å². The number of carbonyl (C=O) groups is 1. The van der Waals surface area contributed by atoms with E-state index in [0.717, 1.165) is 5.56 Å². The van der Waals surface area contributed by atoms with Crippen LogP contribution in [0.15, 0.2) is 48.5 Å². The Hall–Kier alpha value is -1.55. The summed E-state index contributed by atoms with van der Waals surface area (Å²) < 4.78 is 0. The summed E-state index contributed by atoms with van der Waals surface area (Å²) in [6.07, 6.45) is 0. The molecule has 0 aliphatic heterocycles. The van der Waals surface area contributed by atoms with Crippen LogP contribution in [0, 0.1) is 0 Å². The Morgan fingerprint density at radius 3 is 2.45 bits per heavy atom. The molecular formula is C17H18Cl2N2O. The van der Waals surface area contributed by atoms with E-state index in [-0.39, 0.29) is 11.9 Å². The fraction of sp³-hybridized carbons (Fsp3) is 0.235. The molecule has 5 heteroatoms. The molecule has 2 rings (SSSR count). The predicted molar refractivity (Wildman–Crippen MR) is 91.7 cm³/mol. The van der Waals surface area contributed by atoms with Crippen molar-refractivity contribution in [2.24, 2.45) is 0 Å². The maximum Gasteiger partial charge on any atom is 0.252 e. The van der Waals surface area contributed by atoms with Gasteiger partial charge in [-0.15, -0.1) is 0 Å². The van der Waals surface area contributed by atoms with Gasteiger partial charge in [-0.05, 0) is 37.9 Å². The van der Waals surface area contributed by atoms with Gasteiger partial charge < -0.3 is 10.2 Å². The number of nitrogens with one attached hydrogen (secondary N) is 1. The molecule has 0 spiro atoms. The number of benzene rings is 2. The molecule has 0 bridgehead atoms. The summed E-state index contributed by atoms with van der Waals surface area (Å²) in [6.45, 7) is 0.485. The lowest BCUT2D eigenvalue weighted by molar-refractivity contribution is 0.0942. The first-order chi connectivity index (χ1) is 10.5. The van der Waals surface area contributed by atoms with Crippen LogP contribution in [-0.4, -0.2) is 31.4 Å². The second kappa shape index (κ2) is 7.63. The average molecular weight is 337 g/mol. The van der Waals surface area contributed by atoms with E-state index in [1.54, 1.807) is 18.2 Å². The molecule has 0 radical (unpaired) electrons. The first-order valence-electron chi connectivity index (χ1n) is 6.93. The summed E-state index contributed by atoms with van der Waals surface area (Å²) in [4.78, 5) is 14.4. The summed E-state index contributed by atoms with van der Waals surface area (Å²) in [5.74, 6) is -0.227. The van der Waals surface area contributed by atoms with Crippen molar-refractivity contribution in [3.05, 3.63) is 69.7 Å². The quantitative estimate of drug-likeness (QED) is 0.894. The standard InChI is InChI=1S/C17H18Cl2N2O/c1-21(2)16(12-6-4-3-5-7-12)11-20-17(22)14-10-13(18)8-9-15(14)19/h3-10,16H,11H2,1-2H3,(H,20,22)/t16-/m0/s1. The van der Waals surface area contributed by atoms with Crippen molar-refractivity contribution in [1.29, 1.82) is 0 Å². The first kappa shape index (κ1) is 16.8. The minimum Gasteiger partial charge on any atom is -0.350 e. The Kier molecular flexibility index (Phi) is 5.83. The van der Waals surface area contributed by atoms with Crippen LogP contribution in [0.5, 0.6) is 0 Å². The van der Waals surface area contributed by atoms with E-state index in [4.69, 9.17) is 23.2 Å². The van der Waals surface area contributed by atoms with Crippen LogP contribution < -0.4 is 5.32 Å². The Balaban J connectivity index is 2.10. The van der Waals surface area contributed by atoms with Crippen LogP contribution in [0.3, 0.4) is 0 Å². The topological polar surface area (TPSA) is 32.3 Å². The molecule has 0 aromatic heterocycles. The Morgan fingerprint density at radius 1 is 1.14 bits per heavy atom. The number of carbonyl (C=O) groups excluding carboxylic acids is 1. The van der Waals surface area contributed by atoms with Crippen molar-refractivity contribution in [2.75, 3.05) is 20.6 Å². The third-order valence-electron chi connectivity index (χ3n) is 3.44. The predicted octanol–water partition coefficient (Wildman–Crippen LogP) is 4.03. The maximum absolute atomic E-state index is 12.3. The highest BCUT2D eigenvalue weighted by molar-refractivity contribution is 6.35. The number of hydrogen-bond donors (Lipinski definition) is 1. The van der Waals surface area contributed by atoms with Gasteiger partial charge in [0, 0.05) is 11.6 Å². The van der Waals surface area contributed by atoms with E-state index in [1.165, 1.54) is 0 Å². The maximum atomic E-state index is 12.3. The third kappa shape index (κ3) is 4.23. The molecule has 116 valence electrons. The van der Waals surface area contributed by atoms with Crippen LogP contribution >= 0.6 is 23.2 Å². The molecule has 0 saturated heterocycles. The molecule has 0 unspecified atom stereocenters. The summed E-state index contributed by atoms with van der Waals surface area (Å²) in [7, 11) is 3.96. The zero-order valence-corrected chi connectivity index (χ0v) is 14.0. The molecule has 0 fully saturated rings. The number of amides is 1. The number of halogens is 2. The van der Waals surface area contributed by atoms with E-state index in [2.05, 4.69) is 10.2 Å². The molecule has 22 heavy (non-hydrogen) atoms. The van der Waals surface area contributed by atoms with Gasteiger partial charge in [0.25, 0.3) is 5.91 Å². The van der Waals surface area contributed by atoms with Crippen LogP contribution in [0.1, 0.15) is 22.0 Å². The van der Waals surface area contributed by atoms with Gasteiger partial charge in [0.15, 0.2) is 0 Å². The summed E-state index contributed by atoms with van der Waals surface area (Å²) in [6, 6.07) is 15.0. The first-order valence-corrected chi connectivity index (χ1v) is 7.69. The minimum atomic E-state index is -0.227. The monoisotopic (exact) mass is 336 g/mol. The zero-order valence-electron chi connectivity index (χ0n) is 12.5. The second-order valence-electron chi connectivity index (χ2n) is 5.22. The van der Waals surface area contributed by atoms with Crippen molar-refractivity contribution in [1.82, 2.24) is 10.2 Å². The summed E-state index contributed by atoms with van der Waals surface area (Å²) in [5, 5.41) is 3.80. The normalized spacial score (nSPS) is 12.2. The van der Waals surface area contributed by atoms with E-state index >= 15 is 0 Å². The number of likely N-dealkylation sites (N-methyl/N-ethyl adjacent to an activating group) is 1. The lowest BCUT2D eigenvalue weighted by Gasteiger charge is -2.25. The van der Waals surface area contributed by atoms with Crippen LogP contribution in [0.25, 0.3) is 0 Å². The Labute approximate surface area is 140 Å². The largest absolute Gasteiger partial charge is 0.350 e. The van der Waals surface area contributed by atoms with Crippen molar-refractivity contribution in [2.45, 2.75) is 6.04 Å². The lowest BCUT2D eigenvalue weighted by atomic mass is 10.1. The van der Waals surface area contributed by atoms with E-state index in [9.17, 15) is 4.79 Å². The molecular weight excluding hydrogens is 319 g/mol. The number of hydrogen-bond acceptors (Lipinski definition) is 2. The van der Waals surface area contributed by atoms with Crippen LogP contribution in [0.4, 0.5) is 0 Å². The molecule has 2 aromatic carbocycles. The van der Waals surface area contributed by atoms with Gasteiger partial charge in [0.05, 0.1) is 16.6 Å². The zero-order chi connectivity index (χ0) is 16.1. The minimum absolute atomic E-state index is 0.0862. The fourth-order valence-corrected chi connectivity index (χ4v) is 2.61. The molecule has 3 nitrogen and oxygen atoms in total. The van der Waals surface area contributed by atoms with E-state index < -0.39 is 0 Å². The van der Waals surface area contributed by atoms with Crippen molar-refractivity contribution < 1.29 is 4.79 Å². The number of rotatable bonds is 5. The van der Waals surface area contributed by atoms with Gasteiger partial charge in [0.1, 0.15) is 0 Å². The van der Waals surface area contributed by atoms with E-state index in [1.807, 2.05) is 44.4 Å². The highest BCUT2D eigenvalue weighted by atomic mass is 35.5. The van der Waals surface area contributed by atoms with E-state index in [0.29, 0.717) is 22.2 Å². The molecule has 0 saturated carbocycles. The third-order valence-corrected chi connectivity index (χ3v) is 4.00.